The maximum absolute atomic E-state index is 6.86. The molecule has 1 heterocycles. The lowest BCUT2D eigenvalue weighted by Crippen LogP contribution is -1.83. The Morgan fingerprint density at radius 2 is 2.50 bits per heavy atom. The quantitative estimate of drug-likeness (QED) is 0.371. The van der Waals surface area contributed by atoms with Gasteiger partial charge in [-0.3, -0.25) is 0 Å². The number of nitrogens with zero attached hydrogens (tertiary/aromatic N) is 3. The molecule has 0 aliphatic rings. The van der Waals surface area contributed by atoms with Crippen LogP contribution in [0, 0.1) is 5.53 Å². The van der Waals surface area contributed by atoms with Gasteiger partial charge in [-0.1, -0.05) is 0 Å². The second kappa shape index (κ2) is 5.87. The molecule has 1 rings (SSSR count). The molecule has 0 spiro atoms. The minimum absolute atomic E-state index is 0.972. The fraction of sp³-hybridized carbons (Fsp3) is 0.250. The van der Waals surface area contributed by atoms with E-state index in [1.807, 2.05) is 12.4 Å². The van der Waals surface area contributed by atoms with Crippen LogP contribution in [0.25, 0.3) is 10.4 Å². The van der Waals surface area contributed by atoms with Gasteiger partial charge in [-0.05, 0) is 10.4 Å². The normalized spacial score (nSPS) is 6.90. The second-order valence-electron chi connectivity index (χ2n) is 1.19. The summed E-state index contributed by atoms with van der Waals surface area (Å²) in [6.45, 7) is 0. The monoisotopic (exact) mass is 157 g/mol. The molecule has 0 bridgehead atoms. The third-order valence-corrected chi connectivity index (χ3v) is 1.44. The zero-order chi connectivity index (χ0) is 7.82. The minimum atomic E-state index is 0.972. The Morgan fingerprint density at radius 1 is 1.90 bits per heavy atom. The van der Waals surface area contributed by atoms with E-state index in [2.05, 4.69) is 10.3 Å². The SMILES string of the molecule is CNc1nccs1.[N-]=[N+]=N. The molecule has 1 aromatic heterocycles. The van der Waals surface area contributed by atoms with Crippen molar-refractivity contribution in [3.05, 3.63) is 22.0 Å². The van der Waals surface area contributed by atoms with Crippen LogP contribution in [-0.4, -0.2) is 12.0 Å². The number of hydrogen-bond acceptors (Lipinski definition) is 4. The van der Waals surface area contributed by atoms with Gasteiger partial charge >= 0.3 is 0 Å². The topological polar surface area (TPSA) is 85.2 Å². The molecule has 2 N–H and O–H groups in total. The largest absolute Gasteiger partial charge is 0.365 e. The Balaban J connectivity index is 0.000000236. The first-order chi connectivity index (χ1) is 4.85. The van der Waals surface area contributed by atoms with Gasteiger partial charge < -0.3 is 5.32 Å². The highest BCUT2D eigenvalue weighted by Gasteiger charge is 1.82. The smallest absolute Gasteiger partial charge is 0.182 e. The van der Waals surface area contributed by atoms with Crippen LogP contribution in [0.15, 0.2) is 11.6 Å². The lowest BCUT2D eigenvalue weighted by molar-refractivity contribution is 1.37. The lowest BCUT2D eigenvalue weighted by Gasteiger charge is -1.84. The molecule has 1 aromatic rings. The molecule has 0 aliphatic carbocycles. The number of nitrogens with one attached hydrogen (secondary N) is 2. The maximum Gasteiger partial charge on any atom is 0.182 e. The molecule has 54 valence electrons. The van der Waals surface area contributed by atoms with Gasteiger partial charge in [-0.15, -0.1) is 16.9 Å². The van der Waals surface area contributed by atoms with Gasteiger partial charge in [-0.25, -0.2) is 4.98 Å². The van der Waals surface area contributed by atoms with Crippen LogP contribution < -0.4 is 5.32 Å². The van der Waals surface area contributed by atoms with Crippen LogP contribution in [0.4, 0.5) is 5.13 Å². The molecule has 0 saturated carbocycles. The zero-order valence-corrected chi connectivity index (χ0v) is 6.22. The first kappa shape index (κ1) is 8.74. The van der Waals surface area contributed by atoms with E-state index in [0.29, 0.717) is 0 Å². The van der Waals surface area contributed by atoms with Gasteiger partial charge in [0, 0.05) is 18.6 Å². The lowest BCUT2D eigenvalue weighted by atomic mass is 11.0. The van der Waals surface area contributed by atoms with Crippen molar-refractivity contribution in [2.45, 2.75) is 0 Å². The molecule has 0 aliphatic heterocycles. The number of anilines is 1. The fourth-order valence-corrected chi connectivity index (χ4v) is 0.837. The van der Waals surface area contributed by atoms with E-state index in [0.717, 1.165) is 5.13 Å². The van der Waals surface area contributed by atoms with Crippen molar-refractivity contribution in [2.75, 3.05) is 12.4 Å². The molecule has 0 aromatic carbocycles. The molecule has 0 saturated heterocycles. The molecule has 0 amide bonds. The highest BCUT2D eigenvalue weighted by atomic mass is 32.1. The number of thiazole rings is 1. The van der Waals surface area contributed by atoms with Gasteiger partial charge in [0.15, 0.2) is 5.13 Å². The van der Waals surface area contributed by atoms with Crippen LogP contribution in [0.3, 0.4) is 0 Å². The van der Waals surface area contributed by atoms with E-state index in [1.165, 1.54) is 0 Å². The molecular formula is C4H7N5S. The zero-order valence-electron chi connectivity index (χ0n) is 5.40. The van der Waals surface area contributed by atoms with Gasteiger partial charge in [-0.2, -0.15) is 0 Å². The van der Waals surface area contributed by atoms with Crippen LogP contribution in [0.1, 0.15) is 0 Å². The Bertz CT molecular complexity index is 187. The highest BCUT2D eigenvalue weighted by molar-refractivity contribution is 7.13. The summed E-state index contributed by atoms with van der Waals surface area (Å²) >= 11 is 1.60. The Morgan fingerprint density at radius 3 is 2.70 bits per heavy atom. The van der Waals surface area contributed by atoms with E-state index in [1.54, 1.807) is 22.4 Å². The average molecular weight is 157 g/mol. The van der Waals surface area contributed by atoms with Crippen molar-refractivity contribution in [1.82, 2.24) is 4.98 Å². The van der Waals surface area contributed by atoms with E-state index in [-0.39, 0.29) is 0 Å². The van der Waals surface area contributed by atoms with Crippen LogP contribution in [-0.2, 0) is 0 Å². The molecule has 10 heavy (non-hydrogen) atoms. The molecule has 6 heteroatoms. The maximum atomic E-state index is 6.86. The standard InChI is InChI=1S/C4H6N2S.HN3/c1-5-4-6-2-3-7-4;1-3-2/h2-3H,1H3,(H,5,6);1H. The molecular weight excluding hydrogens is 150 g/mol. The molecule has 0 fully saturated rings. The first-order valence-corrected chi connectivity index (χ1v) is 3.31. The minimum Gasteiger partial charge on any atom is -0.365 e. The van der Waals surface area contributed by atoms with E-state index >= 15 is 0 Å². The predicted octanol–water partition coefficient (Wildman–Crippen LogP) is 2.06. The van der Waals surface area contributed by atoms with Crippen molar-refractivity contribution in [3.8, 4) is 0 Å². The van der Waals surface area contributed by atoms with E-state index in [9.17, 15) is 0 Å². The third-order valence-electron chi connectivity index (χ3n) is 0.646. The summed E-state index contributed by atoms with van der Waals surface area (Å²) in [6.07, 6.45) is 1.77. The van der Waals surface area contributed by atoms with Gasteiger partial charge in [0.1, 0.15) is 0 Å². The number of aromatic nitrogens is 1. The first-order valence-electron chi connectivity index (χ1n) is 2.43. The number of rotatable bonds is 1. The fourth-order valence-electron chi connectivity index (χ4n) is 0.347. The summed E-state index contributed by atoms with van der Waals surface area (Å²) in [5.41, 5.74) is 12.2. The third kappa shape index (κ3) is 3.71. The summed E-state index contributed by atoms with van der Waals surface area (Å²) < 4.78 is 0. The van der Waals surface area contributed by atoms with Crippen molar-refractivity contribution < 1.29 is 0 Å². The Hall–Kier alpha value is -1.26. The Labute approximate surface area is 62.1 Å². The second-order valence-corrected chi connectivity index (χ2v) is 2.08. The highest BCUT2D eigenvalue weighted by Crippen LogP contribution is 2.07. The van der Waals surface area contributed by atoms with E-state index in [4.69, 9.17) is 11.1 Å². The van der Waals surface area contributed by atoms with Gasteiger partial charge in [0.25, 0.3) is 0 Å². The van der Waals surface area contributed by atoms with Crippen molar-refractivity contribution >= 4 is 16.5 Å². The van der Waals surface area contributed by atoms with Crippen LogP contribution in [0.2, 0.25) is 0 Å². The van der Waals surface area contributed by atoms with Gasteiger partial charge in [0.05, 0.1) is 0 Å². The van der Waals surface area contributed by atoms with Gasteiger partial charge in [0.2, 0.25) is 0 Å². The predicted molar refractivity (Wildman–Crippen MR) is 41.1 cm³/mol. The van der Waals surface area contributed by atoms with Crippen LogP contribution >= 0.6 is 11.3 Å². The number of hydrogen-bond donors (Lipinski definition) is 2. The van der Waals surface area contributed by atoms with E-state index < -0.39 is 0 Å². The molecule has 0 unspecified atom stereocenters. The van der Waals surface area contributed by atoms with Crippen molar-refractivity contribution in [3.63, 3.8) is 0 Å². The van der Waals surface area contributed by atoms with Crippen molar-refractivity contribution in [2.24, 2.45) is 0 Å². The summed E-state index contributed by atoms with van der Waals surface area (Å²) in [5.74, 6) is 0. The molecule has 0 radical (unpaired) electrons. The summed E-state index contributed by atoms with van der Waals surface area (Å²) in [5, 5.41) is 5.82. The molecule has 0 atom stereocenters. The molecule has 5 nitrogen and oxygen atoms in total. The summed E-state index contributed by atoms with van der Waals surface area (Å²) in [6, 6.07) is 0. The summed E-state index contributed by atoms with van der Waals surface area (Å²) in [7, 11) is 1.86. The Kier molecular flexibility index (Phi) is 5.13. The van der Waals surface area contributed by atoms with Crippen LogP contribution in [0.5, 0.6) is 0 Å². The average Bonchev–Trinajstić information content (AvgIpc) is 2.39. The summed E-state index contributed by atoms with van der Waals surface area (Å²) in [4.78, 5) is 5.69. The van der Waals surface area contributed by atoms with Crippen molar-refractivity contribution in [1.29, 1.82) is 5.53 Å².